The summed E-state index contributed by atoms with van der Waals surface area (Å²) in [6, 6.07) is 5.16. The lowest BCUT2D eigenvalue weighted by atomic mass is 9.81. The zero-order valence-corrected chi connectivity index (χ0v) is 27.9. The molecule has 0 spiro atoms. The monoisotopic (exact) mass is 643 g/mol. The van der Waals surface area contributed by atoms with Crippen molar-refractivity contribution >= 4 is 23.4 Å². The highest BCUT2D eigenvalue weighted by Crippen LogP contribution is 2.32. The predicted octanol–water partition coefficient (Wildman–Crippen LogP) is 4.41. The van der Waals surface area contributed by atoms with Gasteiger partial charge in [0.2, 0.25) is 5.91 Å². The van der Waals surface area contributed by atoms with Crippen LogP contribution in [-0.2, 0) is 9.53 Å². The molecule has 11 heteroatoms. The molecular weight excluding hydrogens is 597 g/mol. The number of ether oxygens (including phenoxy) is 1. The van der Waals surface area contributed by atoms with Gasteiger partial charge in [0.15, 0.2) is 0 Å². The number of hydrogen-bond donors (Lipinski definition) is 4. The van der Waals surface area contributed by atoms with Gasteiger partial charge < -0.3 is 31.0 Å². The minimum absolute atomic E-state index is 0.161. The first-order valence-corrected chi connectivity index (χ1v) is 16.2. The second kappa shape index (κ2) is 16.3. The molecule has 6 atom stereocenters. The molecule has 10 nitrogen and oxygen atoms in total. The molecule has 0 saturated carbocycles. The molecule has 1 aromatic carbocycles. The Hall–Kier alpha value is -4.61. The van der Waals surface area contributed by atoms with Gasteiger partial charge in [-0.25, -0.2) is 14.2 Å². The number of rotatable bonds is 10. The zero-order chi connectivity index (χ0) is 34.1. The quantitative estimate of drug-likeness (QED) is 0.172. The minimum Gasteiger partial charge on any atom is -0.453 e. The number of imidazole rings is 1. The lowest BCUT2D eigenvalue weighted by molar-refractivity contribution is -0.134. The van der Waals surface area contributed by atoms with E-state index in [0.717, 1.165) is 31.6 Å². The standard InChI is InChI=1S/C36H46FN7O3/c1-22(2)32(43-36(46)47-6)35(45)44-20-12-18-31(44)33(38)41-25(5)23(3)27(24(4)28-15-9-10-16-29(28)37)14-8-7-13-26-21-40-34(42-26)30-17-11-19-39-30/h9-10,15-16,21-23,25,27,30-32,39H,4,11-12,17-20H2,1-3,5-6H3,(H2,38,41)(H,40,42)(H,43,46)/t23-,25?,27-,30-,31-,32?/m0/s1. The van der Waals surface area contributed by atoms with Crippen LogP contribution in [0.15, 0.2) is 42.0 Å². The summed E-state index contributed by atoms with van der Waals surface area (Å²) in [4.78, 5) is 39.7. The number of hydrogen-bond acceptors (Lipinski definition) is 6. The van der Waals surface area contributed by atoms with E-state index in [-0.39, 0.29) is 35.6 Å². The van der Waals surface area contributed by atoms with Crippen LogP contribution in [-0.4, -0.2) is 71.0 Å². The van der Waals surface area contributed by atoms with Crippen LogP contribution in [0.1, 0.15) is 76.5 Å². The largest absolute Gasteiger partial charge is 0.453 e. The van der Waals surface area contributed by atoms with E-state index in [1.54, 1.807) is 29.3 Å². The molecule has 47 heavy (non-hydrogen) atoms. The Morgan fingerprint density at radius 1 is 1.19 bits per heavy atom. The highest BCUT2D eigenvalue weighted by Gasteiger charge is 2.37. The molecule has 2 unspecified atom stereocenters. The molecule has 2 fully saturated rings. The molecule has 2 aliphatic heterocycles. The second-order valence-electron chi connectivity index (χ2n) is 12.5. The Morgan fingerprint density at radius 3 is 2.64 bits per heavy atom. The fourth-order valence-electron chi connectivity index (χ4n) is 6.07. The number of nitrogens with zero attached hydrogens (tertiary/aromatic N) is 3. The molecule has 0 radical (unpaired) electrons. The Bertz CT molecular complexity index is 1590. The Morgan fingerprint density at radius 2 is 1.96 bits per heavy atom. The second-order valence-corrected chi connectivity index (χ2v) is 12.5. The molecule has 5 N–H and O–H groups in total. The van der Waals surface area contributed by atoms with E-state index >= 15 is 0 Å². The van der Waals surface area contributed by atoms with Crippen molar-refractivity contribution in [2.75, 3.05) is 20.2 Å². The Kier molecular flexibility index (Phi) is 12.2. The van der Waals surface area contributed by atoms with E-state index in [0.29, 0.717) is 35.6 Å². The third kappa shape index (κ3) is 8.81. The molecule has 4 rings (SSSR count). The molecule has 0 aliphatic carbocycles. The van der Waals surface area contributed by atoms with Gasteiger partial charge in [-0.15, -0.1) is 0 Å². The number of carbonyl (C=O) groups excluding carboxylic acids is 2. The number of aromatic nitrogens is 2. The van der Waals surface area contributed by atoms with Crippen LogP contribution in [0.25, 0.3) is 5.57 Å². The number of amidine groups is 1. The predicted molar refractivity (Wildman–Crippen MR) is 181 cm³/mol. The zero-order valence-electron chi connectivity index (χ0n) is 27.9. The average Bonchev–Trinajstić information content (AvgIpc) is 3.85. The van der Waals surface area contributed by atoms with E-state index in [1.807, 2.05) is 27.7 Å². The van der Waals surface area contributed by atoms with Gasteiger partial charge in [0, 0.05) is 12.1 Å². The number of halogens is 1. The number of amides is 2. The molecule has 2 amide bonds. The first-order valence-electron chi connectivity index (χ1n) is 16.2. The minimum atomic E-state index is -0.759. The first kappa shape index (κ1) is 35.2. The van der Waals surface area contributed by atoms with Crippen LogP contribution in [0.5, 0.6) is 0 Å². The van der Waals surface area contributed by atoms with Crippen molar-refractivity contribution in [3.8, 4) is 23.7 Å². The van der Waals surface area contributed by atoms with E-state index in [2.05, 4.69) is 50.9 Å². The van der Waals surface area contributed by atoms with Gasteiger partial charge in [0.05, 0.1) is 37.4 Å². The summed E-state index contributed by atoms with van der Waals surface area (Å²) in [7, 11) is 1.26. The van der Waals surface area contributed by atoms with Gasteiger partial charge in [-0.1, -0.05) is 51.5 Å². The molecule has 250 valence electrons. The van der Waals surface area contributed by atoms with Crippen molar-refractivity contribution in [3.63, 3.8) is 0 Å². The van der Waals surface area contributed by atoms with E-state index in [9.17, 15) is 14.0 Å². The molecule has 2 aromatic rings. The molecule has 2 aliphatic rings. The van der Waals surface area contributed by atoms with Crippen LogP contribution in [0.3, 0.4) is 0 Å². The number of likely N-dealkylation sites (tertiary alicyclic amines) is 1. The first-order chi connectivity index (χ1) is 22.5. The van der Waals surface area contributed by atoms with Crippen molar-refractivity contribution < 1.29 is 18.7 Å². The number of nitrogens with one attached hydrogen (secondary N) is 3. The smallest absolute Gasteiger partial charge is 0.407 e. The number of benzene rings is 1. The number of allylic oxidation sites excluding steroid dienone is 1. The number of alkyl carbamates (subject to hydrolysis) is 1. The van der Waals surface area contributed by atoms with E-state index in [1.165, 1.54) is 13.2 Å². The summed E-state index contributed by atoms with van der Waals surface area (Å²) in [5.74, 6) is 11.8. The topological polar surface area (TPSA) is 138 Å². The summed E-state index contributed by atoms with van der Waals surface area (Å²) < 4.78 is 19.6. The number of H-pyrrole nitrogens is 1. The van der Waals surface area contributed by atoms with Gasteiger partial charge in [-0.2, -0.15) is 0 Å². The summed E-state index contributed by atoms with van der Waals surface area (Å²) in [5.41, 5.74) is 8.15. The highest BCUT2D eigenvalue weighted by molar-refractivity contribution is 5.93. The molecular formula is C36H46FN7O3. The van der Waals surface area contributed by atoms with Gasteiger partial charge >= 0.3 is 6.09 Å². The Balaban J connectivity index is 1.55. The Labute approximate surface area is 277 Å². The summed E-state index contributed by atoms with van der Waals surface area (Å²) in [6.07, 6.45) is 4.59. The fraction of sp³-hybridized carbons (Fsp3) is 0.500. The van der Waals surface area contributed by atoms with Gasteiger partial charge in [-0.05, 0) is 80.4 Å². The number of methoxy groups -OCH3 is 1. The maximum atomic E-state index is 14.9. The van der Waals surface area contributed by atoms with Gasteiger partial charge in [-0.3, -0.25) is 9.79 Å². The van der Waals surface area contributed by atoms with Crippen molar-refractivity contribution in [2.24, 2.45) is 28.5 Å². The van der Waals surface area contributed by atoms with Crippen molar-refractivity contribution in [1.29, 1.82) is 0 Å². The van der Waals surface area contributed by atoms with E-state index < -0.39 is 24.1 Å². The van der Waals surface area contributed by atoms with Gasteiger partial charge in [0.1, 0.15) is 29.2 Å². The summed E-state index contributed by atoms with van der Waals surface area (Å²) >= 11 is 0. The SMILES string of the molecule is C=C(c1ccccc1F)[C@@H](C#CC#Cc1cnc([C@@H]2CCCN2)[nH]1)[C@@H](C)C(C)N=C(N)[C@@H]1CCCN1C(=O)C(NC(=O)OC)C(C)C. The molecule has 3 heterocycles. The summed E-state index contributed by atoms with van der Waals surface area (Å²) in [5, 5.41) is 6.06. The summed E-state index contributed by atoms with van der Waals surface area (Å²) in [6.45, 7) is 13.3. The highest BCUT2D eigenvalue weighted by atomic mass is 19.1. The van der Waals surface area contributed by atoms with Crippen molar-refractivity contribution in [3.05, 3.63) is 59.9 Å². The molecule has 1 aromatic heterocycles. The fourth-order valence-corrected chi connectivity index (χ4v) is 6.07. The molecule has 0 bridgehead atoms. The van der Waals surface area contributed by atoms with Crippen LogP contribution < -0.4 is 16.4 Å². The number of aliphatic imine (C=N–C) groups is 1. The lowest BCUT2D eigenvalue weighted by Crippen LogP contribution is -2.54. The number of nitrogens with two attached hydrogens (primary N) is 1. The number of carbonyl (C=O) groups is 2. The van der Waals surface area contributed by atoms with E-state index in [4.69, 9.17) is 15.5 Å². The maximum Gasteiger partial charge on any atom is 0.407 e. The van der Waals surface area contributed by atoms with Crippen LogP contribution in [0.2, 0.25) is 0 Å². The van der Waals surface area contributed by atoms with Crippen LogP contribution in [0.4, 0.5) is 9.18 Å². The average molecular weight is 644 g/mol. The van der Waals surface area contributed by atoms with Crippen molar-refractivity contribution in [2.45, 2.75) is 77.5 Å². The third-order valence-electron chi connectivity index (χ3n) is 8.98. The lowest BCUT2D eigenvalue weighted by Gasteiger charge is -2.31. The normalized spacial score (nSPS) is 20.3. The maximum absolute atomic E-state index is 14.9. The third-order valence-corrected chi connectivity index (χ3v) is 8.98. The number of aromatic amines is 1. The van der Waals surface area contributed by atoms with Crippen LogP contribution >= 0.6 is 0 Å². The van der Waals surface area contributed by atoms with Crippen LogP contribution in [0, 0.1) is 47.3 Å². The molecule has 2 saturated heterocycles. The van der Waals surface area contributed by atoms with Gasteiger partial charge in [0.25, 0.3) is 0 Å². The van der Waals surface area contributed by atoms with Crippen molar-refractivity contribution in [1.82, 2.24) is 25.5 Å².